The number of rotatable bonds is 8. The van der Waals surface area contributed by atoms with Gasteiger partial charge in [0.25, 0.3) is 0 Å². The molecule has 1 heterocycles. The molecule has 1 aromatic heterocycles. The van der Waals surface area contributed by atoms with Crippen molar-refractivity contribution >= 4 is 38.5 Å². The van der Waals surface area contributed by atoms with E-state index in [9.17, 15) is 22.8 Å². The van der Waals surface area contributed by atoms with E-state index in [1.807, 2.05) is 13.8 Å². The largest absolute Gasteiger partial charge is 0.419 e. The predicted octanol–water partition coefficient (Wildman–Crippen LogP) is 2.67. The number of sulfonamides is 1. The minimum atomic E-state index is -4.08. The van der Waals surface area contributed by atoms with Crippen molar-refractivity contribution in [2.24, 2.45) is 13.0 Å². The molecule has 0 saturated heterocycles. The topological polar surface area (TPSA) is 127 Å². The lowest BCUT2D eigenvalue weighted by Gasteiger charge is -2.20. The van der Waals surface area contributed by atoms with Gasteiger partial charge in [0.2, 0.25) is 15.9 Å². The molecule has 0 aliphatic rings. The van der Waals surface area contributed by atoms with Crippen molar-refractivity contribution in [1.29, 1.82) is 0 Å². The summed E-state index contributed by atoms with van der Waals surface area (Å²) in [5.74, 6) is -1.19. The zero-order valence-electron chi connectivity index (χ0n) is 18.2. The summed E-state index contributed by atoms with van der Waals surface area (Å²) in [5.41, 5.74) is 1.54. The van der Waals surface area contributed by atoms with Crippen LogP contribution < -0.4 is 15.8 Å². The molecular formula is C22H25N3O6S. The third kappa shape index (κ3) is 5.14. The molecule has 0 spiro atoms. The third-order valence-electron chi connectivity index (χ3n) is 4.95. The number of hydrogen-bond acceptors (Lipinski definition) is 6. The van der Waals surface area contributed by atoms with Crippen molar-refractivity contribution in [3.63, 3.8) is 0 Å². The zero-order chi connectivity index (χ0) is 23.6. The highest BCUT2D eigenvalue weighted by Gasteiger charge is 2.27. The second-order valence-electron chi connectivity index (χ2n) is 7.98. The van der Waals surface area contributed by atoms with E-state index >= 15 is 0 Å². The van der Waals surface area contributed by atoms with E-state index in [4.69, 9.17) is 4.42 Å². The molecule has 0 unspecified atom stereocenters. The third-order valence-corrected chi connectivity index (χ3v) is 6.42. The maximum Gasteiger partial charge on any atom is 0.419 e. The van der Waals surface area contributed by atoms with Gasteiger partial charge < -0.3 is 9.73 Å². The highest BCUT2D eigenvalue weighted by Crippen LogP contribution is 2.20. The monoisotopic (exact) mass is 459 g/mol. The summed E-state index contributed by atoms with van der Waals surface area (Å²) >= 11 is 0. The van der Waals surface area contributed by atoms with E-state index in [1.54, 1.807) is 24.3 Å². The van der Waals surface area contributed by atoms with E-state index < -0.39 is 27.7 Å². The van der Waals surface area contributed by atoms with Crippen LogP contribution in [0.3, 0.4) is 0 Å². The van der Waals surface area contributed by atoms with E-state index in [0.717, 1.165) is 0 Å². The Morgan fingerprint density at radius 1 is 1.09 bits per heavy atom. The van der Waals surface area contributed by atoms with Gasteiger partial charge in [0.1, 0.15) is 6.04 Å². The first-order chi connectivity index (χ1) is 15.0. The Hall–Kier alpha value is -3.24. The van der Waals surface area contributed by atoms with Crippen molar-refractivity contribution in [3.8, 4) is 0 Å². The molecule has 9 nitrogen and oxygen atoms in total. The van der Waals surface area contributed by atoms with E-state index in [2.05, 4.69) is 10.0 Å². The van der Waals surface area contributed by atoms with Crippen LogP contribution in [-0.2, 0) is 21.9 Å². The SMILES string of the molecule is CC(=O)c1ccc(NC(=O)[C@H](CC(C)C)NS(=O)(=O)c2ccc3c(c2)oc(=O)n3C)cc1. The lowest BCUT2D eigenvalue weighted by atomic mass is 10.0. The fourth-order valence-corrected chi connectivity index (χ4v) is 4.46. The van der Waals surface area contributed by atoms with Crippen molar-refractivity contribution in [2.75, 3.05) is 5.32 Å². The molecule has 0 aliphatic carbocycles. The first-order valence-corrected chi connectivity index (χ1v) is 11.5. The molecule has 10 heteroatoms. The smallest absolute Gasteiger partial charge is 0.408 e. The Kier molecular flexibility index (Phi) is 6.65. The summed E-state index contributed by atoms with van der Waals surface area (Å²) < 4.78 is 34.8. The molecule has 1 amide bonds. The number of Topliss-reactive ketones (excluding diaryl/α,β-unsaturated/α-hetero) is 1. The fourth-order valence-electron chi connectivity index (χ4n) is 3.23. The molecule has 32 heavy (non-hydrogen) atoms. The molecule has 0 aliphatic heterocycles. The quantitative estimate of drug-likeness (QED) is 0.499. The Labute approximate surface area is 185 Å². The first kappa shape index (κ1) is 23.4. The molecule has 3 rings (SSSR count). The molecule has 0 radical (unpaired) electrons. The number of carbonyl (C=O) groups excluding carboxylic acids is 2. The Morgan fingerprint density at radius 2 is 1.75 bits per heavy atom. The van der Waals surface area contributed by atoms with Crippen LogP contribution in [0.15, 0.2) is 56.6 Å². The number of fused-ring (bicyclic) bond motifs is 1. The number of anilines is 1. The number of benzene rings is 2. The molecular weight excluding hydrogens is 434 g/mol. The van der Waals surface area contributed by atoms with Crippen LogP contribution in [0.1, 0.15) is 37.6 Å². The standard InChI is InChI=1S/C22H25N3O6S/c1-13(2)11-18(21(27)23-16-7-5-15(6-8-16)14(3)26)24-32(29,30)17-9-10-19-20(12-17)31-22(28)25(19)4/h5-10,12-13,18,24H,11H2,1-4H3,(H,23,27)/t18-/m0/s1. The molecule has 0 bridgehead atoms. The van der Waals surface area contributed by atoms with Gasteiger partial charge in [-0.05, 0) is 55.7 Å². The minimum Gasteiger partial charge on any atom is -0.408 e. The summed E-state index contributed by atoms with van der Waals surface area (Å²) in [5, 5.41) is 2.69. The van der Waals surface area contributed by atoms with Gasteiger partial charge in [-0.1, -0.05) is 13.8 Å². The van der Waals surface area contributed by atoms with Crippen LogP contribution in [-0.4, -0.2) is 30.7 Å². The molecule has 2 N–H and O–H groups in total. The first-order valence-electron chi connectivity index (χ1n) is 10.0. The predicted molar refractivity (Wildman–Crippen MR) is 120 cm³/mol. The molecule has 1 atom stereocenters. The summed E-state index contributed by atoms with van der Waals surface area (Å²) in [6.07, 6.45) is 0.263. The maximum absolute atomic E-state index is 13.0. The highest BCUT2D eigenvalue weighted by molar-refractivity contribution is 7.89. The summed E-state index contributed by atoms with van der Waals surface area (Å²) in [6.45, 7) is 5.20. The summed E-state index contributed by atoms with van der Waals surface area (Å²) in [4.78, 5) is 35.8. The highest BCUT2D eigenvalue weighted by atomic mass is 32.2. The fraction of sp³-hybridized carbons (Fsp3) is 0.318. The Balaban J connectivity index is 1.84. The molecule has 3 aromatic rings. The van der Waals surface area contributed by atoms with Crippen LogP contribution in [0.2, 0.25) is 0 Å². The molecule has 0 fully saturated rings. The van der Waals surface area contributed by atoms with Crippen molar-refractivity contribution in [3.05, 3.63) is 58.6 Å². The molecule has 0 saturated carbocycles. The summed E-state index contributed by atoms with van der Waals surface area (Å²) in [7, 11) is -2.56. The van der Waals surface area contributed by atoms with Gasteiger partial charge in [-0.3, -0.25) is 14.2 Å². The molecule has 170 valence electrons. The number of hydrogen-bond donors (Lipinski definition) is 2. The number of aromatic nitrogens is 1. The van der Waals surface area contributed by atoms with Crippen LogP contribution in [0.4, 0.5) is 5.69 Å². The van der Waals surface area contributed by atoms with Crippen LogP contribution in [0.25, 0.3) is 11.1 Å². The number of oxazole rings is 1. The van der Waals surface area contributed by atoms with Gasteiger partial charge >= 0.3 is 5.76 Å². The zero-order valence-corrected chi connectivity index (χ0v) is 19.0. The van der Waals surface area contributed by atoms with Crippen LogP contribution in [0.5, 0.6) is 0 Å². The number of ketones is 1. The average Bonchev–Trinajstić information content (AvgIpc) is 3.00. The van der Waals surface area contributed by atoms with E-state index in [-0.39, 0.29) is 28.6 Å². The van der Waals surface area contributed by atoms with Crippen LogP contribution >= 0.6 is 0 Å². The maximum atomic E-state index is 13.0. The number of aryl methyl sites for hydroxylation is 1. The van der Waals surface area contributed by atoms with Gasteiger partial charge in [-0.25, -0.2) is 13.2 Å². The number of carbonyl (C=O) groups is 2. The van der Waals surface area contributed by atoms with E-state index in [0.29, 0.717) is 16.8 Å². The number of nitrogens with zero attached hydrogens (tertiary/aromatic N) is 1. The minimum absolute atomic E-state index is 0.0307. The van der Waals surface area contributed by atoms with Crippen molar-refractivity contribution in [1.82, 2.24) is 9.29 Å². The second kappa shape index (κ2) is 9.09. The molecule has 2 aromatic carbocycles. The lowest BCUT2D eigenvalue weighted by molar-refractivity contribution is -0.118. The van der Waals surface area contributed by atoms with Crippen LogP contribution in [0, 0.1) is 5.92 Å². The second-order valence-corrected chi connectivity index (χ2v) is 9.70. The average molecular weight is 460 g/mol. The van der Waals surface area contributed by atoms with Gasteiger partial charge in [0, 0.05) is 24.4 Å². The van der Waals surface area contributed by atoms with Gasteiger partial charge in [0.15, 0.2) is 11.4 Å². The normalized spacial score (nSPS) is 12.8. The number of amides is 1. The Morgan fingerprint density at radius 3 is 2.34 bits per heavy atom. The lowest BCUT2D eigenvalue weighted by Crippen LogP contribution is -2.44. The number of nitrogens with one attached hydrogen (secondary N) is 2. The van der Waals surface area contributed by atoms with Crippen molar-refractivity contribution in [2.45, 2.75) is 38.1 Å². The van der Waals surface area contributed by atoms with E-state index in [1.165, 1.54) is 36.7 Å². The Bertz CT molecular complexity index is 1320. The van der Waals surface area contributed by atoms with Gasteiger partial charge in [-0.2, -0.15) is 4.72 Å². The van der Waals surface area contributed by atoms with Crippen molar-refractivity contribution < 1.29 is 22.4 Å². The van der Waals surface area contributed by atoms with Gasteiger partial charge in [0.05, 0.1) is 10.4 Å². The van der Waals surface area contributed by atoms with Gasteiger partial charge in [-0.15, -0.1) is 0 Å². The summed E-state index contributed by atoms with van der Waals surface area (Å²) in [6, 6.07) is 9.38.